The quantitative estimate of drug-likeness (QED) is 0.835. The van der Waals surface area contributed by atoms with Gasteiger partial charge >= 0.3 is 0 Å². The molecule has 0 aliphatic heterocycles. The fourth-order valence-corrected chi connectivity index (χ4v) is 1.82. The Morgan fingerprint density at radius 1 is 1.32 bits per heavy atom. The lowest BCUT2D eigenvalue weighted by molar-refractivity contribution is 0.619. The highest BCUT2D eigenvalue weighted by Gasteiger charge is 2.03. The molecule has 3 nitrogen and oxygen atoms in total. The average Bonchev–Trinajstić information content (AvgIpc) is 2.45. The van der Waals surface area contributed by atoms with Gasteiger partial charge in [0.05, 0.1) is 11.6 Å². The van der Waals surface area contributed by atoms with Crippen molar-refractivity contribution in [3.63, 3.8) is 0 Å². The second kappa shape index (κ2) is 6.62. The summed E-state index contributed by atoms with van der Waals surface area (Å²) < 4.78 is 13.1. The molecule has 1 aromatic carbocycles. The zero-order valence-electron chi connectivity index (χ0n) is 10.4. The number of nitrogens with one attached hydrogen (secondary N) is 1. The van der Waals surface area contributed by atoms with Gasteiger partial charge in [-0.2, -0.15) is 5.26 Å². The number of halogens is 1. The van der Waals surface area contributed by atoms with Crippen LogP contribution in [0.2, 0.25) is 0 Å². The summed E-state index contributed by atoms with van der Waals surface area (Å²) in [6.45, 7) is 1.24. The number of rotatable bonds is 5. The molecular formula is C15H14FN3. The highest BCUT2D eigenvalue weighted by atomic mass is 19.1. The lowest BCUT2D eigenvalue weighted by atomic mass is 10.1. The van der Waals surface area contributed by atoms with Crippen molar-refractivity contribution in [1.82, 2.24) is 10.3 Å². The topological polar surface area (TPSA) is 48.7 Å². The van der Waals surface area contributed by atoms with E-state index in [2.05, 4.69) is 16.4 Å². The van der Waals surface area contributed by atoms with Gasteiger partial charge in [0.25, 0.3) is 0 Å². The number of nitriles is 1. The van der Waals surface area contributed by atoms with Crippen LogP contribution in [-0.2, 0) is 13.0 Å². The molecule has 19 heavy (non-hydrogen) atoms. The number of pyridine rings is 1. The van der Waals surface area contributed by atoms with E-state index in [0.29, 0.717) is 17.7 Å². The molecule has 1 aromatic heterocycles. The van der Waals surface area contributed by atoms with Crippen molar-refractivity contribution in [1.29, 1.82) is 5.26 Å². The third-order valence-electron chi connectivity index (χ3n) is 2.82. The summed E-state index contributed by atoms with van der Waals surface area (Å²) in [6.07, 6.45) is 4.42. The lowest BCUT2D eigenvalue weighted by Crippen LogP contribution is -2.17. The van der Waals surface area contributed by atoms with Crippen LogP contribution in [0.1, 0.15) is 16.7 Å². The zero-order chi connectivity index (χ0) is 13.5. The largest absolute Gasteiger partial charge is 0.312 e. The van der Waals surface area contributed by atoms with Crippen LogP contribution in [0.3, 0.4) is 0 Å². The monoisotopic (exact) mass is 255 g/mol. The Kier molecular flexibility index (Phi) is 4.60. The molecule has 2 aromatic rings. The van der Waals surface area contributed by atoms with E-state index in [-0.39, 0.29) is 5.82 Å². The Bertz CT molecular complexity index is 576. The van der Waals surface area contributed by atoms with E-state index < -0.39 is 0 Å². The fraction of sp³-hybridized carbons (Fsp3) is 0.200. The maximum absolute atomic E-state index is 13.1. The normalized spacial score (nSPS) is 10.1. The molecule has 0 spiro atoms. The summed E-state index contributed by atoms with van der Waals surface area (Å²) in [5.41, 5.74) is 2.35. The van der Waals surface area contributed by atoms with Gasteiger partial charge in [-0.15, -0.1) is 0 Å². The minimum absolute atomic E-state index is 0.317. The summed E-state index contributed by atoms with van der Waals surface area (Å²) in [6, 6.07) is 10.2. The number of benzene rings is 1. The molecule has 4 heteroatoms. The number of hydrogen-bond donors (Lipinski definition) is 1. The molecule has 0 saturated carbocycles. The lowest BCUT2D eigenvalue weighted by Gasteiger charge is -2.06. The van der Waals surface area contributed by atoms with Gasteiger partial charge in [-0.1, -0.05) is 6.07 Å². The molecular weight excluding hydrogens is 241 g/mol. The molecule has 0 saturated heterocycles. The van der Waals surface area contributed by atoms with E-state index in [4.69, 9.17) is 5.26 Å². The average molecular weight is 255 g/mol. The van der Waals surface area contributed by atoms with E-state index in [0.717, 1.165) is 18.5 Å². The Labute approximate surface area is 111 Å². The Balaban J connectivity index is 1.86. The highest BCUT2D eigenvalue weighted by molar-refractivity contribution is 5.37. The van der Waals surface area contributed by atoms with Crippen molar-refractivity contribution in [3.8, 4) is 6.07 Å². The maximum atomic E-state index is 13.1. The van der Waals surface area contributed by atoms with Gasteiger partial charge in [0.1, 0.15) is 5.82 Å². The summed E-state index contributed by atoms with van der Waals surface area (Å²) in [5.74, 6) is -0.317. The van der Waals surface area contributed by atoms with Gasteiger partial charge in [0.15, 0.2) is 0 Å². The first kappa shape index (κ1) is 13.2. The Hall–Kier alpha value is -2.25. The standard InChI is InChI=1S/C15H14FN3/c16-15-4-3-13(9-17)14(8-15)11-19-7-5-12-2-1-6-18-10-12/h1-4,6,8,10,19H,5,7,11H2. The molecule has 0 amide bonds. The van der Waals surface area contributed by atoms with Crippen LogP contribution in [0.5, 0.6) is 0 Å². The van der Waals surface area contributed by atoms with Crippen molar-refractivity contribution in [2.24, 2.45) is 0 Å². The van der Waals surface area contributed by atoms with E-state index in [1.807, 2.05) is 18.3 Å². The Morgan fingerprint density at radius 3 is 2.95 bits per heavy atom. The van der Waals surface area contributed by atoms with Crippen LogP contribution >= 0.6 is 0 Å². The smallest absolute Gasteiger partial charge is 0.123 e. The van der Waals surface area contributed by atoms with Crippen molar-refractivity contribution in [2.75, 3.05) is 6.54 Å². The first-order valence-corrected chi connectivity index (χ1v) is 6.08. The van der Waals surface area contributed by atoms with Gasteiger partial charge in [0.2, 0.25) is 0 Å². The second-order valence-corrected chi connectivity index (χ2v) is 4.20. The number of aromatic nitrogens is 1. The van der Waals surface area contributed by atoms with Gasteiger partial charge in [-0.05, 0) is 48.4 Å². The molecule has 96 valence electrons. The predicted molar refractivity (Wildman–Crippen MR) is 70.8 cm³/mol. The van der Waals surface area contributed by atoms with Crippen molar-refractivity contribution < 1.29 is 4.39 Å². The SMILES string of the molecule is N#Cc1ccc(F)cc1CNCCc1cccnc1. The molecule has 0 fully saturated rings. The molecule has 0 aliphatic carbocycles. The summed E-state index contributed by atoms with van der Waals surface area (Å²) >= 11 is 0. The van der Waals surface area contributed by atoms with Crippen LogP contribution in [0.4, 0.5) is 4.39 Å². The van der Waals surface area contributed by atoms with Crippen LogP contribution in [0, 0.1) is 17.1 Å². The van der Waals surface area contributed by atoms with E-state index in [1.54, 1.807) is 6.20 Å². The van der Waals surface area contributed by atoms with Crippen LogP contribution < -0.4 is 5.32 Å². The summed E-state index contributed by atoms with van der Waals surface area (Å²) in [4.78, 5) is 4.04. The van der Waals surface area contributed by atoms with Crippen LogP contribution in [-0.4, -0.2) is 11.5 Å². The minimum Gasteiger partial charge on any atom is -0.312 e. The first-order chi connectivity index (χ1) is 9.29. The summed E-state index contributed by atoms with van der Waals surface area (Å²) in [5, 5.41) is 12.1. The van der Waals surface area contributed by atoms with Gasteiger partial charge in [0, 0.05) is 18.9 Å². The molecule has 0 bridgehead atoms. The van der Waals surface area contributed by atoms with Gasteiger partial charge in [-0.25, -0.2) is 4.39 Å². The molecule has 0 aliphatic rings. The molecule has 0 atom stereocenters. The fourth-order valence-electron chi connectivity index (χ4n) is 1.82. The van der Waals surface area contributed by atoms with E-state index in [9.17, 15) is 4.39 Å². The molecule has 0 unspecified atom stereocenters. The predicted octanol–water partition coefficient (Wildman–Crippen LogP) is 2.42. The molecule has 2 rings (SSSR count). The van der Waals surface area contributed by atoms with Crippen molar-refractivity contribution >= 4 is 0 Å². The third kappa shape index (κ3) is 3.87. The molecule has 1 N–H and O–H groups in total. The Morgan fingerprint density at radius 2 is 2.21 bits per heavy atom. The number of nitrogens with zero attached hydrogens (tertiary/aromatic N) is 2. The van der Waals surface area contributed by atoms with Crippen LogP contribution in [0.15, 0.2) is 42.7 Å². The summed E-state index contributed by atoms with van der Waals surface area (Å²) in [7, 11) is 0. The maximum Gasteiger partial charge on any atom is 0.123 e. The molecule has 1 heterocycles. The number of hydrogen-bond acceptors (Lipinski definition) is 3. The highest BCUT2D eigenvalue weighted by Crippen LogP contribution is 2.10. The van der Waals surface area contributed by atoms with Gasteiger partial charge in [-0.3, -0.25) is 4.98 Å². The van der Waals surface area contributed by atoms with Crippen LogP contribution in [0.25, 0.3) is 0 Å². The second-order valence-electron chi connectivity index (χ2n) is 4.20. The zero-order valence-corrected chi connectivity index (χ0v) is 10.4. The van der Waals surface area contributed by atoms with E-state index >= 15 is 0 Å². The van der Waals surface area contributed by atoms with Crippen molar-refractivity contribution in [2.45, 2.75) is 13.0 Å². The first-order valence-electron chi connectivity index (χ1n) is 6.08. The van der Waals surface area contributed by atoms with Gasteiger partial charge < -0.3 is 5.32 Å². The van der Waals surface area contributed by atoms with Crippen molar-refractivity contribution in [3.05, 3.63) is 65.2 Å². The van der Waals surface area contributed by atoms with E-state index in [1.165, 1.54) is 18.2 Å². The minimum atomic E-state index is -0.317. The third-order valence-corrected chi connectivity index (χ3v) is 2.82. The molecule has 0 radical (unpaired) electrons.